The number of nitrogens with one attached hydrogen (secondary N) is 1. The zero-order valence-electron chi connectivity index (χ0n) is 53.1. The fourth-order valence-electron chi connectivity index (χ4n) is 10.0. The zero-order chi connectivity index (χ0) is 57.9. The molecule has 0 aliphatic rings. The number of esters is 1. The summed E-state index contributed by atoms with van der Waals surface area (Å²) in [6.07, 6.45) is 73.7. The zero-order valence-corrected chi connectivity index (χ0v) is 54.0. The van der Waals surface area contributed by atoms with Gasteiger partial charge in [-0.1, -0.05) is 294 Å². The van der Waals surface area contributed by atoms with Gasteiger partial charge in [0.05, 0.1) is 33.8 Å². The van der Waals surface area contributed by atoms with Crippen LogP contribution in [0.5, 0.6) is 0 Å². The second-order valence-electron chi connectivity index (χ2n) is 24.3. The predicted molar refractivity (Wildman–Crippen MR) is 339 cm³/mol. The van der Waals surface area contributed by atoms with E-state index in [1.54, 1.807) is 0 Å². The summed E-state index contributed by atoms with van der Waals surface area (Å²) in [6.45, 7) is 6.85. The molecule has 0 aromatic heterocycles. The lowest BCUT2D eigenvalue weighted by molar-refractivity contribution is -0.870. The fraction of sp³-hybridized carbons (Fsp3) is 0.855. The molecule has 0 aromatic carbocycles. The molecule has 0 heterocycles. The van der Waals surface area contributed by atoms with Crippen LogP contribution in [-0.4, -0.2) is 69.4 Å². The van der Waals surface area contributed by atoms with Crippen LogP contribution in [0, 0.1) is 0 Å². The van der Waals surface area contributed by atoms with Crippen LogP contribution in [0.25, 0.3) is 0 Å². The van der Waals surface area contributed by atoms with Crippen molar-refractivity contribution in [1.82, 2.24) is 5.32 Å². The lowest BCUT2D eigenvalue weighted by atomic mass is 10.0. The summed E-state index contributed by atoms with van der Waals surface area (Å²) in [4.78, 5) is 40.1. The average Bonchev–Trinajstić information content (AvgIpc) is 3.41. The number of carbonyl (C=O) groups excluding carboxylic acids is 2. The van der Waals surface area contributed by atoms with Gasteiger partial charge >= 0.3 is 5.97 Å². The number of nitrogens with zero attached hydrogens (tertiary/aromatic N) is 1. The molecule has 9 nitrogen and oxygen atoms in total. The predicted octanol–water partition coefficient (Wildman–Crippen LogP) is 20.6. The molecule has 0 saturated heterocycles. The molecule has 0 aliphatic heterocycles. The third kappa shape index (κ3) is 60.4. The van der Waals surface area contributed by atoms with Crippen molar-refractivity contribution in [2.24, 2.45) is 0 Å². The number of amides is 1. The van der Waals surface area contributed by atoms with Crippen LogP contribution in [0.3, 0.4) is 0 Å². The molecule has 0 spiro atoms. The van der Waals surface area contributed by atoms with Crippen molar-refractivity contribution < 1.29 is 37.3 Å². The molecule has 3 unspecified atom stereocenters. The first-order chi connectivity index (χ1) is 38.4. The van der Waals surface area contributed by atoms with E-state index in [1.165, 1.54) is 212 Å². The van der Waals surface area contributed by atoms with Gasteiger partial charge in [-0.25, -0.2) is 0 Å². The Balaban J connectivity index is 5.09. The van der Waals surface area contributed by atoms with Crippen molar-refractivity contribution in [3.63, 3.8) is 0 Å². The molecule has 10 heteroatoms. The van der Waals surface area contributed by atoms with Gasteiger partial charge in [0, 0.05) is 12.8 Å². The van der Waals surface area contributed by atoms with Gasteiger partial charge in [-0.3, -0.25) is 14.2 Å². The first kappa shape index (κ1) is 77.0. The summed E-state index contributed by atoms with van der Waals surface area (Å²) in [5.74, 6) is -0.535. The molecule has 79 heavy (non-hydrogen) atoms. The number of likely N-dealkylation sites (N-methyl/N-ethyl adjacent to an activating group) is 1. The number of carbonyl (C=O) groups is 2. The fourth-order valence-corrected chi connectivity index (χ4v) is 10.7. The lowest BCUT2D eigenvalue weighted by Crippen LogP contribution is -2.47. The van der Waals surface area contributed by atoms with E-state index in [1.807, 2.05) is 33.3 Å². The Kier molecular flexibility index (Phi) is 57.6. The Morgan fingerprint density at radius 3 is 1.18 bits per heavy atom. The molecule has 0 bridgehead atoms. The number of phosphoric acid groups is 1. The van der Waals surface area contributed by atoms with Crippen LogP contribution in [-0.2, 0) is 27.9 Å². The average molecular weight is 1130 g/mol. The minimum atomic E-state index is -4.70. The number of rotatable bonds is 62. The molecule has 0 fully saturated rings. The normalized spacial score (nSPS) is 13.9. The number of hydrogen-bond acceptors (Lipinski definition) is 7. The second kappa shape index (κ2) is 59.1. The SMILES string of the molecule is CCCCC/C=C\C/C=C\C/C=C\CCCCCCCCCCC(=O)NC(COP(=O)([O-])OCC[N+](C)(C)C)C(/C=C/CCCCCCCCCCC)OC(=O)CCCCCCCCCCCCCCCCCCCCCCC. The summed E-state index contributed by atoms with van der Waals surface area (Å²) < 4.78 is 30.4. The van der Waals surface area contributed by atoms with E-state index >= 15 is 0 Å². The quantitative estimate of drug-likeness (QED) is 0.0212. The highest BCUT2D eigenvalue weighted by atomic mass is 31.2. The van der Waals surface area contributed by atoms with Gasteiger partial charge < -0.3 is 28.5 Å². The molecule has 0 rings (SSSR count). The van der Waals surface area contributed by atoms with Gasteiger partial charge in [0.25, 0.3) is 7.82 Å². The Bertz CT molecular complexity index is 1490. The van der Waals surface area contributed by atoms with Gasteiger partial charge in [-0.05, 0) is 70.3 Å². The standard InChI is InChI=1S/C69H131N2O7P/c1-7-10-13-16-19-22-25-27-29-31-33-35-37-39-41-43-46-49-52-55-58-61-68(72)70-66(65-77-79(74,75)76-64-63-71(4,5)6)67(60-57-54-51-48-45-24-21-18-15-12-9-3)78-69(73)62-59-56-53-50-47-44-42-40-38-36-34-32-30-28-26-23-20-17-14-11-8-2/h19,22,27,29,33,35,57,60,66-67H,7-18,20-21,23-26,28,30-32,34,36-56,58-59,61-65H2,1-6H3,(H-,70,72,74,75)/b22-19-,29-27-,35-33-,60-57+. The molecular formula is C69H131N2O7P. The molecule has 0 aromatic rings. The third-order valence-electron chi connectivity index (χ3n) is 15.3. The van der Waals surface area contributed by atoms with Gasteiger partial charge in [0.1, 0.15) is 19.3 Å². The number of ether oxygens (including phenoxy) is 1. The molecule has 0 saturated carbocycles. The summed E-state index contributed by atoms with van der Waals surface area (Å²) in [6, 6.07) is -0.890. The summed E-state index contributed by atoms with van der Waals surface area (Å²) >= 11 is 0. The highest BCUT2D eigenvalue weighted by molar-refractivity contribution is 7.45. The molecule has 0 radical (unpaired) electrons. The minimum Gasteiger partial charge on any atom is -0.756 e. The van der Waals surface area contributed by atoms with E-state index in [9.17, 15) is 19.0 Å². The first-order valence-corrected chi connectivity index (χ1v) is 35.4. The van der Waals surface area contributed by atoms with E-state index in [4.69, 9.17) is 13.8 Å². The van der Waals surface area contributed by atoms with Gasteiger partial charge in [0.15, 0.2) is 0 Å². The molecule has 464 valence electrons. The van der Waals surface area contributed by atoms with Crippen molar-refractivity contribution in [3.05, 3.63) is 48.6 Å². The van der Waals surface area contributed by atoms with Gasteiger partial charge in [-0.2, -0.15) is 0 Å². The maximum Gasteiger partial charge on any atom is 0.306 e. The van der Waals surface area contributed by atoms with E-state index in [0.29, 0.717) is 17.4 Å². The number of quaternary nitrogens is 1. The highest BCUT2D eigenvalue weighted by Crippen LogP contribution is 2.38. The molecule has 0 aliphatic carbocycles. The summed E-state index contributed by atoms with van der Waals surface area (Å²) in [5, 5.41) is 3.04. The van der Waals surface area contributed by atoms with Crippen LogP contribution in [0.4, 0.5) is 0 Å². The number of phosphoric ester groups is 1. The Hall–Kier alpha value is -2.03. The van der Waals surface area contributed by atoms with Crippen LogP contribution >= 0.6 is 7.82 Å². The van der Waals surface area contributed by atoms with E-state index in [2.05, 4.69) is 62.5 Å². The van der Waals surface area contributed by atoms with Crippen molar-refractivity contribution in [2.45, 2.75) is 341 Å². The number of allylic oxidation sites excluding steroid dienone is 7. The first-order valence-electron chi connectivity index (χ1n) is 33.9. The van der Waals surface area contributed by atoms with Crippen LogP contribution in [0.15, 0.2) is 48.6 Å². The maximum absolute atomic E-state index is 13.6. The lowest BCUT2D eigenvalue weighted by Gasteiger charge is -2.30. The van der Waals surface area contributed by atoms with Crippen molar-refractivity contribution >= 4 is 19.7 Å². The van der Waals surface area contributed by atoms with Crippen LogP contribution in [0.1, 0.15) is 329 Å². The Morgan fingerprint density at radius 2 is 0.772 bits per heavy atom. The van der Waals surface area contributed by atoms with E-state index in [0.717, 1.165) is 83.5 Å². The maximum atomic E-state index is 13.6. The van der Waals surface area contributed by atoms with Gasteiger partial charge in [0.2, 0.25) is 5.91 Å². The Labute approximate surface area is 490 Å². The van der Waals surface area contributed by atoms with Crippen LogP contribution < -0.4 is 10.2 Å². The van der Waals surface area contributed by atoms with E-state index < -0.39 is 20.0 Å². The largest absolute Gasteiger partial charge is 0.756 e. The highest BCUT2D eigenvalue weighted by Gasteiger charge is 2.27. The molecule has 1 amide bonds. The molecule has 1 N–H and O–H groups in total. The van der Waals surface area contributed by atoms with Crippen molar-refractivity contribution in [1.29, 1.82) is 0 Å². The van der Waals surface area contributed by atoms with E-state index in [-0.39, 0.29) is 31.5 Å². The number of unbranched alkanes of at least 4 members (excludes halogenated alkanes) is 40. The van der Waals surface area contributed by atoms with Gasteiger partial charge in [-0.15, -0.1) is 0 Å². The minimum absolute atomic E-state index is 0.0227. The monoisotopic (exact) mass is 1130 g/mol. The second-order valence-corrected chi connectivity index (χ2v) is 25.7. The summed E-state index contributed by atoms with van der Waals surface area (Å²) in [7, 11) is 1.19. The van der Waals surface area contributed by atoms with Crippen molar-refractivity contribution in [2.75, 3.05) is 40.9 Å². The summed E-state index contributed by atoms with van der Waals surface area (Å²) in [5.41, 5.74) is 0. The number of hydrogen-bond donors (Lipinski definition) is 1. The molecule has 3 atom stereocenters. The van der Waals surface area contributed by atoms with Crippen molar-refractivity contribution in [3.8, 4) is 0 Å². The smallest absolute Gasteiger partial charge is 0.306 e. The molecular weight excluding hydrogens is 1000 g/mol. The van der Waals surface area contributed by atoms with Crippen LogP contribution in [0.2, 0.25) is 0 Å². The Morgan fingerprint density at radius 1 is 0.443 bits per heavy atom. The third-order valence-corrected chi connectivity index (χ3v) is 16.2. The topological polar surface area (TPSA) is 114 Å².